The lowest BCUT2D eigenvalue weighted by Gasteiger charge is -2.12. The minimum absolute atomic E-state index is 0.166. The number of hydrogen-bond donors (Lipinski definition) is 1. The van der Waals surface area contributed by atoms with E-state index in [-0.39, 0.29) is 12.3 Å². The second-order valence-electron chi connectivity index (χ2n) is 4.98. The number of rotatable bonds is 5. The van der Waals surface area contributed by atoms with Crippen molar-refractivity contribution in [3.8, 4) is 0 Å². The Morgan fingerprint density at radius 2 is 2.14 bits per heavy atom. The lowest BCUT2D eigenvalue weighted by molar-refractivity contribution is -0.146. The van der Waals surface area contributed by atoms with Crippen molar-refractivity contribution >= 4 is 22.8 Å². The summed E-state index contributed by atoms with van der Waals surface area (Å²) in [6, 6.07) is 5.18. The fourth-order valence-electron chi connectivity index (χ4n) is 2.12. The van der Waals surface area contributed by atoms with E-state index < -0.39 is 12.0 Å². The van der Waals surface area contributed by atoms with Crippen LogP contribution in [0.2, 0.25) is 0 Å². The molecule has 5 heteroatoms. The van der Waals surface area contributed by atoms with Gasteiger partial charge in [-0.2, -0.15) is 0 Å². The largest absolute Gasteiger partial charge is 0.464 e. The molecule has 0 radical (unpaired) electrons. The van der Waals surface area contributed by atoms with Crippen LogP contribution in [0.25, 0.3) is 11.0 Å². The van der Waals surface area contributed by atoms with Gasteiger partial charge in [0.15, 0.2) is 0 Å². The van der Waals surface area contributed by atoms with E-state index in [1.54, 1.807) is 20.1 Å². The number of benzene rings is 1. The molecule has 0 aliphatic rings. The van der Waals surface area contributed by atoms with Gasteiger partial charge in [0.2, 0.25) is 5.91 Å². The molecule has 2 rings (SSSR count). The van der Waals surface area contributed by atoms with Crippen LogP contribution in [-0.4, -0.2) is 24.5 Å². The van der Waals surface area contributed by atoms with Gasteiger partial charge in [-0.15, -0.1) is 0 Å². The predicted octanol–water partition coefficient (Wildman–Crippen LogP) is 2.35. The van der Waals surface area contributed by atoms with Crippen molar-refractivity contribution in [3.05, 3.63) is 35.6 Å². The van der Waals surface area contributed by atoms with Crippen LogP contribution in [0.5, 0.6) is 0 Å². The number of carbonyl (C=O) groups is 2. The SMILES string of the molecule is CCOC(=O)C(C)NC(=O)Cc1coc2cc(C)ccc12. The predicted molar refractivity (Wildman–Crippen MR) is 78.9 cm³/mol. The number of fused-ring (bicyclic) bond motifs is 1. The third-order valence-electron chi connectivity index (χ3n) is 3.18. The Morgan fingerprint density at radius 3 is 2.86 bits per heavy atom. The zero-order chi connectivity index (χ0) is 15.4. The Hall–Kier alpha value is -2.30. The standard InChI is InChI=1S/C16H19NO4/c1-4-20-16(19)11(3)17-15(18)8-12-9-21-14-7-10(2)5-6-13(12)14/h5-7,9,11H,4,8H2,1-3H3,(H,17,18). The van der Waals surface area contributed by atoms with Crippen LogP contribution in [-0.2, 0) is 20.7 Å². The van der Waals surface area contributed by atoms with Crippen molar-refractivity contribution in [1.29, 1.82) is 0 Å². The Labute approximate surface area is 123 Å². The molecule has 1 heterocycles. The smallest absolute Gasteiger partial charge is 0.328 e. The molecule has 1 unspecified atom stereocenters. The van der Waals surface area contributed by atoms with Crippen LogP contribution < -0.4 is 5.32 Å². The molecule has 21 heavy (non-hydrogen) atoms. The third-order valence-corrected chi connectivity index (χ3v) is 3.18. The topological polar surface area (TPSA) is 68.5 Å². The summed E-state index contributed by atoms with van der Waals surface area (Å²) in [6.07, 6.45) is 1.75. The van der Waals surface area contributed by atoms with Gasteiger partial charge in [0.25, 0.3) is 0 Å². The van der Waals surface area contributed by atoms with Crippen molar-refractivity contribution in [1.82, 2.24) is 5.32 Å². The highest BCUT2D eigenvalue weighted by Crippen LogP contribution is 2.22. The van der Waals surface area contributed by atoms with E-state index >= 15 is 0 Å². The van der Waals surface area contributed by atoms with E-state index in [0.29, 0.717) is 6.61 Å². The summed E-state index contributed by atoms with van der Waals surface area (Å²) in [4.78, 5) is 23.5. The Morgan fingerprint density at radius 1 is 1.38 bits per heavy atom. The first kappa shape index (κ1) is 15.1. The minimum atomic E-state index is -0.655. The molecule has 0 aliphatic heterocycles. The first-order valence-corrected chi connectivity index (χ1v) is 6.94. The maximum atomic E-state index is 12.0. The third kappa shape index (κ3) is 3.62. The lowest BCUT2D eigenvalue weighted by Crippen LogP contribution is -2.40. The first-order chi connectivity index (χ1) is 10.0. The molecule has 0 spiro atoms. The second kappa shape index (κ2) is 6.43. The minimum Gasteiger partial charge on any atom is -0.464 e. The van der Waals surface area contributed by atoms with Gasteiger partial charge < -0.3 is 14.5 Å². The van der Waals surface area contributed by atoms with Crippen LogP contribution in [0.1, 0.15) is 25.0 Å². The van der Waals surface area contributed by atoms with Gasteiger partial charge in [0.1, 0.15) is 11.6 Å². The average Bonchev–Trinajstić information content (AvgIpc) is 2.81. The van der Waals surface area contributed by atoms with Gasteiger partial charge in [-0.25, -0.2) is 4.79 Å². The molecular weight excluding hydrogens is 270 g/mol. The molecule has 0 fully saturated rings. The molecule has 0 saturated heterocycles. The molecule has 5 nitrogen and oxygen atoms in total. The van der Waals surface area contributed by atoms with E-state index in [1.165, 1.54) is 0 Å². The maximum absolute atomic E-state index is 12.0. The summed E-state index contributed by atoms with van der Waals surface area (Å²) in [5.41, 5.74) is 2.67. The fraction of sp³-hybridized carbons (Fsp3) is 0.375. The van der Waals surface area contributed by atoms with Crippen molar-refractivity contribution < 1.29 is 18.7 Å². The number of carbonyl (C=O) groups excluding carboxylic acids is 2. The van der Waals surface area contributed by atoms with Gasteiger partial charge in [-0.1, -0.05) is 12.1 Å². The lowest BCUT2D eigenvalue weighted by atomic mass is 10.1. The van der Waals surface area contributed by atoms with Crippen LogP contribution in [0, 0.1) is 6.92 Å². The summed E-state index contributed by atoms with van der Waals surface area (Å²) >= 11 is 0. The van der Waals surface area contributed by atoms with Crippen LogP contribution in [0.3, 0.4) is 0 Å². The van der Waals surface area contributed by atoms with Crippen molar-refractivity contribution in [3.63, 3.8) is 0 Å². The zero-order valence-corrected chi connectivity index (χ0v) is 12.4. The molecule has 1 aromatic carbocycles. The van der Waals surface area contributed by atoms with Gasteiger partial charge in [-0.05, 0) is 32.4 Å². The van der Waals surface area contributed by atoms with E-state index in [4.69, 9.17) is 9.15 Å². The van der Waals surface area contributed by atoms with Crippen LogP contribution in [0.4, 0.5) is 0 Å². The highest BCUT2D eigenvalue weighted by Gasteiger charge is 2.18. The van der Waals surface area contributed by atoms with E-state index in [1.807, 2.05) is 25.1 Å². The van der Waals surface area contributed by atoms with Crippen LogP contribution in [0.15, 0.2) is 28.9 Å². The monoisotopic (exact) mass is 289 g/mol. The Balaban J connectivity index is 2.03. The number of hydrogen-bond acceptors (Lipinski definition) is 4. The molecule has 0 saturated carbocycles. The summed E-state index contributed by atoms with van der Waals surface area (Å²) in [7, 11) is 0. The number of ether oxygens (including phenoxy) is 1. The van der Waals surface area contributed by atoms with Gasteiger partial charge in [0.05, 0.1) is 19.3 Å². The van der Waals surface area contributed by atoms with Gasteiger partial charge >= 0.3 is 5.97 Å². The van der Waals surface area contributed by atoms with Crippen molar-refractivity contribution in [2.75, 3.05) is 6.61 Å². The second-order valence-corrected chi connectivity index (χ2v) is 4.98. The normalized spacial score (nSPS) is 12.1. The summed E-state index contributed by atoms with van der Waals surface area (Å²) in [5.74, 6) is -0.669. The highest BCUT2D eigenvalue weighted by atomic mass is 16.5. The molecule has 1 atom stereocenters. The summed E-state index contributed by atoms with van der Waals surface area (Å²) < 4.78 is 10.3. The van der Waals surface area contributed by atoms with E-state index in [0.717, 1.165) is 22.1 Å². The number of esters is 1. The number of nitrogens with one attached hydrogen (secondary N) is 1. The molecule has 2 aromatic rings. The van der Waals surface area contributed by atoms with E-state index in [2.05, 4.69) is 5.32 Å². The fourth-order valence-corrected chi connectivity index (χ4v) is 2.12. The maximum Gasteiger partial charge on any atom is 0.328 e. The molecule has 112 valence electrons. The molecule has 1 aromatic heterocycles. The van der Waals surface area contributed by atoms with Crippen molar-refractivity contribution in [2.24, 2.45) is 0 Å². The Bertz CT molecular complexity index is 659. The molecule has 0 aliphatic carbocycles. The summed E-state index contributed by atoms with van der Waals surface area (Å²) in [5, 5.41) is 3.54. The van der Waals surface area contributed by atoms with E-state index in [9.17, 15) is 9.59 Å². The van der Waals surface area contributed by atoms with Gasteiger partial charge in [0, 0.05) is 10.9 Å². The average molecular weight is 289 g/mol. The molecule has 1 N–H and O–H groups in total. The molecular formula is C16H19NO4. The quantitative estimate of drug-likeness (QED) is 0.858. The molecule has 0 bridgehead atoms. The number of furan rings is 1. The van der Waals surface area contributed by atoms with Gasteiger partial charge in [-0.3, -0.25) is 4.79 Å². The highest BCUT2D eigenvalue weighted by molar-refractivity contribution is 5.90. The van der Waals surface area contributed by atoms with Crippen LogP contribution >= 0.6 is 0 Å². The number of aryl methyl sites for hydroxylation is 1. The zero-order valence-electron chi connectivity index (χ0n) is 12.4. The van der Waals surface area contributed by atoms with Crippen molar-refractivity contribution in [2.45, 2.75) is 33.2 Å². The first-order valence-electron chi connectivity index (χ1n) is 6.94. The summed E-state index contributed by atoms with van der Waals surface area (Å²) in [6.45, 7) is 5.61. The Kier molecular flexibility index (Phi) is 4.62. The number of amides is 1. The molecule has 1 amide bonds.